The van der Waals surface area contributed by atoms with Crippen LogP contribution in [0.25, 0.3) is 0 Å². The average Bonchev–Trinajstić information content (AvgIpc) is 2.64. The van der Waals surface area contributed by atoms with Gasteiger partial charge >= 0.3 is 0 Å². The molecule has 0 unspecified atom stereocenters. The van der Waals surface area contributed by atoms with E-state index in [4.69, 9.17) is 11.6 Å². The summed E-state index contributed by atoms with van der Waals surface area (Å²) in [6, 6.07) is 12.7. The topological polar surface area (TPSA) is 79.8 Å². The van der Waals surface area contributed by atoms with Crippen LogP contribution in [-0.4, -0.2) is 20.9 Å². The van der Waals surface area contributed by atoms with Gasteiger partial charge in [-0.2, -0.15) is 0 Å². The quantitative estimate of drug-likeness (QED) is 0.733. The van der Waals surface area contributed by atoms with Gasteiger partial charge in [-0.05, 0) is 36.8 Å². The van der Waals surface area contributed by atoms with Crippen LogP contribution in [0.2, 0.25) is 5.02 Å². The summed E-state index contributed by atoms with van der Waals surface area (Å²) in [5.41, 5.74) is 2.82. The molecule has 0 bridgehead atoms. The number of hydrogen-bond acceptors (Lipinski definition) is 5. The Morgan fingerprint density at radius 1 is 1.12 bits per heavy atom. The lowest BCUT2D eigenvalue weighted by atomic mass is 10.2. The van der Waals surface area contributed by atoms with Crippen molar-refractivity contribution in [3.8, 4) is 0 Å². The Morgan fingerprint density at radius 3 is 2.76 bits per heavy atom. The third kappa shape index (κ3) is 4.51. The number of nitrogens with zero attached hydrogens (tertiary/aromatic N) is 3. The lowest BCUT2D eigenvalue weighted by molar-refractivity contribution is 0.0945. The summed E-state index contributed by atoms with van der Waals surface area (Å²) >= 11 is 6.12. The van der Waals surface area contributed by atoms with Crippen LogP contribution >= 0.6 is 11.6 Å². The molecule has 1 aromatic carbocycles. The molecule has 2 heterocycles. The summed E-state index contributed by atoms with van der Waals surface area (Å²) in [6.45, 7) is 2.26. The molecule has 0 aliphatic heterocycles. The average molecular weight is 354 g/mol. The van der Waals surface area contributed by atoms with Gasteiger partial charge in [0, 0.05) is 23.0 Å². The fourth-order valence-corrected chi connectivity index (χ4v) is 2.31. The van der Waals surface area contributed by atoms with Crippen molar-refractivity contribution in [2.45, 2.75) is 13.5 Å². The van der Waals surface area contributed by atoms with Crippen molar-refractivity contribution in [2.75, 3.05) is 5.32 Å². The van der Waals surface area contributed by atoms with Crippen molar-refractivity contribution < 1.29 is 4.79 Å². The molecule has 0 aliphatic carbocycles. The molecule has 0 radical (unpaired) electrons. The summed E-state index contributed by atoms with van der Waals surface area (Å²) in [6.07, 6.45) is 3.02. The molecule has 126 valence electrons. The Balaban J connectivity index is 1.68. The van der Waals surface area contributed by atoms with Crippen LogP contribution in [0.4, 0.5) is 11.5 Å². The number of anilines is 2. The summed E-state index contributed by atoms with van der Waals surface area (Å²) in [4.78, 5) is 24.5. The molecule has 3 rings (SSSR count). The molecule has 0 fully saturated rings. The van der Waals surface area contributed by atoms with Crippen molar-refractivity contribution in [1.29, 1.82) is 0 Å². The highest BCUT2D eigenvalue weighted by Crippen LogP contribution is 2.22. The molecule has 7 heteroatoms. The fourth-order valence-electron chi connectivity index (χ4n) is 2.13. The minimum absolute atomic E-state index is 0.270. The first kappa shape index (κ1) is 16.9. The third-order valence-electron chi connectivity index (χ3n) is 3.50. The highest BCUT2D eigenvalue weighted by molar-refractivity contribution is 6.31. The molecule has 2 aromatic heterocycles. The van der Waals surface area contributed by atoms with E-state index in [1.165, 1.54) is 6.33 Å². The Hall–Kier alpha value is -2.99. The second kappa shape index (κ2) is 7.72. The number of benzene rings is 1. The molecule has 0 saturated carbocycles. The second-order valence-corrected chi connectivity index (χ2v) is 5.79. The van der Waals surface area contributed by atoms with E-state index in [9.17, 15) is 4.79 Å². The summed E-state index contributed by atoms with van der Waals surface area (Å²) in [5, 5.41) is 6.56. The Labute approximate surface area is 150 Å². The van der Waals surface area contributed by atoms with Crippen molar-refractivity contribution in [2.24, 2.45) is 0 Å². The molecule has 6 nitrogen and oxygen atoms in total. The predicted molar refractivity (Wildman–Crippen MR) is 96.9 cm³/mol. The zero-order chi connectivity index (χ0) is 17.6. The number of hydrogen-bond donors (Lipinski definition) is 2. The summed E-state index contributed by atoms with van der Waals surface area (Å²) < 4.78 is 0. The van der Waals surface area contributed by atoms with Gasteiger partial charge < -0.3 is 10.6 Å². The fraction of sp³-hybridized carbons (Fsp3) is 0.111. The van der Waals surface area contributed by atoms with Crippen molar-refractivity contribution in [3.63, 3.8) is 0 Å². The Morgan fingerprint density at radius 2 is 2.00 bits per heavy atom. The molecule has 2 N–H and O–H groups in total. The van der Waals surface area contributed by atoms with Crippen molar-refractivity contribution in [1.82, 2.24) is 20.3 Å². The molecule has 0 saturated heterocycles. The summed E-state index contributed by atoms with van der Waals surface area (Å²) in [7, 11) is 0. The van der Waals surface area contributed by atoms with Gasteiger partial charge in [-0.15, -0.1) is 0 Å². The standard InChI is InChI=1S/C18H16ClN5O/c1-12-5-6-13(8-15(12)19)24-17-9-16(22-11-23-17)18(25)21-10-14-4-2-3-7-20-14/h2-9,11H,10H2,1H3,(H,21,25)(H,22,23,24). The van der Waals surface area contributed by atoms with Gasteiger partial charge in [-0.25, -0.2) is 9.97 Å². The zero-order valence-corrected chi connectivity index (χ0v) is 14.3. The predicted octanol–water partition coefficient (Wildman–Crippen LogP) is 3.51. The number of aromatic nitrogens is 3. The van der Waals surface area contributed by atoms with E-state index in [1.54, 1.807) is 18.3 Å². The Kier molecular flexibility index (Phi) is 5.20. The highest BCUT2D eigenvalue weighted by atomic mass is 35.5. The molecule has 25 heavy (non-hydrogen) atoms. The van der Waals surface area contributed by atoms with Crippen molar-refractivity contribution in [3.05, 3.63) is 77.0 Å². The van der Waals surface area contributed by atoms with Gasteiger partial charge in [-0.1, -0.05) is 23.7 Å². The van der Waals surface area contributed by atoms with E-state index in [1.807, 2.05) is 37.3 Å². The minimum Gasteiger partial charge on any atom is -0.345 e. The van der Waals surface area contributed by atoms with Gasteiger partial charge in [-0.3, -0.25) is 9.78 Å². The van der Waals surface area contributed by atoms with Crippen LogP contribution in [-0.2, 0) is 6.54 Å². The number of nitrogens with one attached hydrogen (secondary N) is 2. The van der Waals surface area contributed by atoms with E-state index in [2.05, 4.69) is 25.6 Å². The van der Waals surface area contributed by atoms with Gasteiger partial charge in [0.25, 0.3) is 5.91 Å². The maximum atomic E-state index is 12.2. The summed E-state index contributed by atoms with van der Waals surface area (Å²) in [5.74, 6) is 0.218. The van der Waals surface area contributed by atoms with Crippen molar-refractivity contribution >= 4 is 29.0 Å². The monoisotopic (exact) mass is 353 g/mol. The lowest BCUT2D eigenvalue weighted by Crippen LogP contribution is -2.24. The van der Waals surface area contributed by atoms with Gasteiger partial charge in [0.1, 0.15) is 17.8 Å². The number of aryl methyl sites for hydroxylation is 1. The first-order chi connectivity index (χ1) is 12.1. The SMILES string of the molecule is Cc1ccc(Nc2cc(C(=O)NCc3ccccn3)ncn2)cc1Cl. The van der Waals surface area contributed by atoms with Gasteiger partial charge in [0.05, 0.1) is 12.2 Å². The molecule has 0 atom stereocenters. The molecule has 3 aromatic rings. The van der Waals surface area contributed by atoms with E-state index < -0.39 is 0 Å². The van der Waals surface area contributed by atoms with Gasteiger partial charge in [0.15, 0.2) is 0 Å². The highest BCUT2D eigenvalue weighted by Gasteiger charge is 2.09. The van der Waals surface area contributed by atoms with E-state index in [-0.39, 0.29) is 11.6 Å². The van der Waals surface area contributed by atoms with E-state index in [0.717, 1.165) is 16.9 Å². The maximum Gasteiger partial charge on any atom is 0.270 e. The van der Waals surface area contributed by atoms with Crippen LogP contribution in [0.3, 0.4) is 0 Å². The largest absolute Gasteiger partial charge is 0.345 e. The number of carbonyl (C=O) groups is 1. The number of rotatable bonds is 5. The minimum atomic E-state index is -0.293. The van der Waals surface area contributed by atoms with E-state index in [0.29, 0.717) is 17.4 Å². The third-order valence-corrected chi connectivity index (χ3v) is 3.91. The van der Waals surface area contributed by atoms with Gasteiger partial charge in [0.2, 0.25) is 0 Å². The maximum absolute atomic E-state index is 12.2. The lowest BCUT2D eigenvalue weighted by Gasteiger charge is -2.08. The first-order valence-electron chi connectivity index (χ1n) is 7.65. The van der Waals surface area contributed by atoms with Crippen LogP contribution < -0.4 is 10.6 Å². The smallest absolute Gasteiger partial charge is 0.270 e. The Bertz CT molecular complexity index is 886. The van der Waals surface area contributed by atoms with Crippen LogP contribution in [0, 0.1) is 6.92 Å². The molecular formula is C18H16ClN5O. The first-order valence-corrected chi connectivity index (χ1v) is 8.03. The number of carbonyl (C=O) groups excluding carboxylic acids is 1. The van der Waals surface area contributed by atoms with E-state index >= 15 is 0 Å². The van der Waals surface area contributed by atoms with Crippen LogP contribution in [0.15, 0.2) is 55.0 Å². The zero-order valence-electron chi connectivity index (χ0n) is 13.5. The van der Waals surface area contributed by atoms with Crippen LogP contribution in [0.5, 0.6) is 0 Å². The van der Waals surface area contributed by atoms with Crippen LogP contribution in [0.1, 0.15) is 21.7 Å². The molecular weight excluding hydrogens is 338 g/mol. The normalized spacial score (nSPS) is 10.3. The number of pyridine rings is 1. The molecule has 1 amide bonds. The number of amides is 1. The second-order valence-electron chi connectivity index (χ2n) is 5.38. The number of halogens is 1. The molecule has 0 aliphatic rings. The molecule has 0 spiro atoms.